The molecule has 0 saturated carbocycles. The van der Waals surface area contributed by atoms with E-state index in [0.717, 1.165) is 29.7 Å². The standard InChI is InChI=1S/C15H17N3O/c1-10-2-4-12-6-11(3-5-14(12)18-10)8-16-13-7-15(19)17-9-13/h2-6,13,16H,7-9H2,1H3,(H,17,19). The van der Waals surface area contributed by atoms with Crippen LogP contribution in [0.25, 0.3) is 10.9 Å². The fourth-order valence-electron chi connectivity index (χ4n) is 2.40. The number of nitrogens with one attached hydrogen (secondary N) is 2. The van der Waals surface area contributed by atoms with Crippen molar-refractivity contribution in [3.8, 4) is 0 Å². The molecule has 4 heteroatoms. The van der Waals surface area contributed by atoms with E-state index in [9.17, 15) is 4.79 Å². The summed E-state index contributed by atoms with van der Waals surface area (Å²) in [5, 5.41) is 7.39. The Hall–Kier alpha value is -1.94. The molecule has 1 amide bonds. The van der Waals surface area contributed by atoms with Gasteiger partial charge in [0.25, 0.3) is 0 Å². The first kappa shape index (κ1) is 12.1. The lowest BCUT2D eigenvalue weighted by Crippen LogP contribution is -2.30. The summed E-state index contributed by atoms with van der Waals surface area (Å²) in [5.41, 5.74) is 3.29. The summed E-state index contributed by atoms with van der Waals surface area (Å²) in [6.45, 7) is 3.51. The molecule has 1 aromatic heterocycles. The third-order valence-electron chi connectivity index (χ3n) is 3.47. The maximum absolute atomic E-state index is 11.1. The van der Waals surface area contributed by atoms with Crippen molar-refractivity contribution in [2.24, 2.45) is 0 Å². The zero-order valence-electron chi connectivity index (χ0n) is 10.9. The average molecular weight is 255 g/mol. The first-order valence-electron chi connectivity index (χ1n) is 6.57. The van der Waals surface area contributed by atoms with Crippen LogP contribution in [0.3, 0.4) is 0 Å². The van der Waals surface area contributed by atoms with E-state index in [1.807, 2.05) is 13.0 Å². The Labute approximate surface area is 112 Å². The van der Waals surface area contributed by atoms with Gasteiger partial charge in [-0.2, -0.15) is 0 Å². The van der Waals surface area contributed by atoms with Crippen LogP contribution < -0.4 is 10.6 Å². The van der Waals surface area contributed by atoms with E-state index in [2.05, 4.69) is 39.9 Å². The number of nitrogens with zero attached hydrogens (tertiary/aromatic N) is 1. The third kappa shape index (κ3) is 2.74. The Balaban J connectivity index is 1.71. The summed E-state index contributed by atoms with van der Waals surface area (Å²) in [6, 6.07) is 10.7. The van der Waals surface area contributed by atoms with Gasteiger partial charge in [0.1, 0.15) is 0 Å². The number of rotatable bonds is 3. The summed E-state index contributed by atoms with van der Waals surface area (Å²) >= 11 is 0. The summed E-state index contributed by atoms with van der Waals surface area (Å²) in [6.07, 6.45) is 0.578. The molecule has 1 aliphatic heterocycles. The van der Waals surface area contributed by atoms with E-state index in [4.69, 9.17) is 0 Å². The van der Waals surface area contributed by atoms with E-state index >= 15 is 0 Å². The summed E-state index contributed by atoms with van der Waals surface area (Å²) in [5.74, 6) is 0.135. The van der Waals surface area contributed by atoms with Gasteiger partial charge in [-0.1, -0.05) is 12.1 Å². The molecule has 1 aromatic carbocycles. The molecule has 0 bridgehead atoms. The first-order chi connectivity index (χ1) is 9.20. The molecule has 1 fully saturated rings. The van der Waals surface area contributed by atoms with E-state index < -0.39 is 0 Å². The number of pyridine rings is 1. The highest BCUT2D eigenvalue weighted by atomic mass is 16.1. The fourth-order valence-corrected chi connectivity index (χ4v) is 2.40. The van der Waals surface area contributed by atoms with E-state index in [0.29, 0.717) is 6.42 Å². The van der Waals surface area contributed by atoms with Crippen LogP contribution in [0.1, 0.15) is 17.7 Å². The first-order valence-corrected chi connectivity index (χ1v) is 6.57. The SMILES string of the molecule is Cc1ccc2cc(CNC3CNC(=O)C3)ccc2n1. The van der Waals surface area contributed by atoms with Crippen LogP contribution in [0.4, 0.5) is 0 Å². The van der Waals surface area contributed by atoms with Crippen molar-refractivity contribution in [2.75, 3.05) is 6.54 Å². The van der Waals surface area contributed by atoms with Crippen LogP contribution >= 0.6 is 0 Å². The van der Waals surface area contributed by atoms with Gasteiger partial charge in [0.15, 0.2) is 0 Å². The summed E-state index contributed by atoms with van der Waals surface area (Å²) in [7, 11) is 0. The molecule has 1 saturated heterocycles. The fraction of sp³-hybridized carbons (Fsp3) is 0.333. The van der Waals surface area contributed by atoms with E-state index in [1.165, 1.54) is 5.56 Å². The van der Waals surface area contributed by atoms with Gasteiger partial charge in [0, 0.05) is 36.6 Å². The van der Waals surface area contributed by atoms with Crippen molar-refractivity contribution >= 4 is 16.8 Å². The number of aryl methyl sites for hydroxylation is 1. The van der Waals surface area contributed by atoms with Crippen molar-refractivity contribution in [3.05, 3.63) is 41.6 Å². The lowest BCUT2D eigenvalue weighted by atomic mass is 10.1. The van der Waals surface area contributed by atoms with Crippen LogP contribution in [0.15, 0.2) is 30.3 Å². The molecule has 1 unspecified atom stereocenters. The number of hydrogen-bond acceptors (Lipinski definition) is 3. The maximum atomic E-state index is 11.1. The molecular weight excluding hydrogens is 238 g/mol. The van der Waals surface area contributed by atoms with Crippen molar-refractivity contribution in [1.82, 2.24) is 15.6 Å². The van der Waals surface area contributed by atoms with Crippen LogP contribution in [0.2, 0.25) is 0 Å². The minimum Gasteiger partial charge on any atom is -0.354 e. The van der Waals surface area contributed by atoms with Crippen LogP contribution in [-0.4, -0.2) is 23.5 Å². The summed E-state index contributed by atoms with van der Waals surface area (Å²) < 4.78 is 0. The molecule has 19 heavy (non-hydrogen) atoms. The number of carbonyl (C=O) groups is 1. The predicted molar refractivity (Wildman–Crippen MR) is 74.7 cm³/mol. The zero-order valence-corrected chi connectivity index (χ0v) is 10.9. The molecule has 2 heterocycles. The molecule has 0 aliphatic carbocycles. The second-order valence-corrected chi connectivity index (χ2v) is 5.07. The quantitative estimate of drug-likeness (QED) is 0.874. The number of benzene rings is 1. The van der Waals surface area contributed by atoms with Gasteiger partial charge in [-0.15, -0.1) is 0 Å². The van der Waals surface area contributed by atoms with Crippen LogP contribution in [0.5, 0.6) is 0 Å². The highest BCUT2D eigenvalue weighted by Gasteiger charge is 2.20. The Morgan fingerprint density at radius 3 is 3.05 bits per heavy atom. The topological polar surface area (TPSA) is 54.0 Å². The van der Waals surface area contributed by atoms with Crippen molar-refractivity contribution in [2.45, 2.75) is 25.9 Å². The molecule has 4 nitrogen and oxygen atoms in total. The van der Waals surface area contributed by atoms with Gasteiger partial charge < -0.3 is 10.6 Å². The molecule has 2 aromatic rings. The number of amides is 1. The molecular formula is C15H17N3O. The lowest BCUT2D eigenvalue weighted by molar-refractivity contribution is -0.119. The number of carbonyl (C=O) groups excluding carboxylic acids is 1. The second-order valence-electron chi connectivity index (χ2n) is 5.07. The number of hydrogen-bond donors (Lipinski definition) is 2. The predicted octanol–water partition coefficient (Wildman–Crippen LogP) is 1.52. The van der Waals surface area contributed by atoms with Gasteiger partial charge in [-0.25, -0.2) is 0 Å². The highest BCUT2D eigenvalue weighted by Crippen LogP contribution is 2.15. The third-order valence-corrected chi connectivity index (χ3v) is 3.47. The zero-order chi connectivity index (χ0) is 13.2. The summed E-state index contributed by atoms with van der Waals surface area (Å²) in [4.78, 5) is 15.6. The minimum absolute atomic E-state index is 0.135. The molecule has 1 atom stereocenters. The molecule has 1 aliphatic rings. The normalized spacial score (nSPS) is 18.8. The molecule has 98 valence electrons. The Kier molecular flexibility index (Phi) is 3.17. The van der Waals surface area contributed by atoms with Gasteiger partial charge in [0.05, 0.1) is 5.52 Å². The monoisotopic (exact) mass is 255 g/mol. The van der Waals surface area contributed by atoms with Gasteiger partial charge in [0.2, 0.25) is 5.91 Å². The molecule has 0 radical (unpaired) electrons. The largest absolute Gasteiger partial charge is 0.354 e. The van der Waals surface area contributed by atoms with Crippen LogP contribution in [-0.2, 0) is 11.3 Å². The lowest BCUT2D eigenvalue weighted by Gasteiger charge is -2.10. The Morgan fingerprint density at radius 1 is 1.37 bits per heavy atom. The number of fused-ring (bicyclic) bond motifs is 1. The van der Waals surface area contributed by atoms with Crippen LogP contribution in [0, 0.1) is 6.92 Å². The smallest absolute Gasteiger partial charge is 0.221 e. The van der Waals surface area contributed by atoms with E-state index in [-0.39, 0.29) is 11.9 Å². The Morgan fingerprint density at radius 2 is 2.26 bits per heavy atom. The molecule has 2 N–H and O–H groups in total. The highest BCUT2D eigenvalue weighted by molar-refractivity contribution is 5.79. The van der Waals surface area contributed by atoms with Crippen molar-refractivity contribution in [1.29, 1.82) is 0 Å². The minimum atomic E-state index is 0.135. The molecule has 0 spiro atoms. The number of aromatic nitrogens is 1. The van der Waals surface area contributed by atoms with Gasteiger partial charge >= 0.3 is 0 Å². The second kappa shape index (κ2) is 4.97. The van der Waals surface area contributed by atoms with Crippen molar-refractivity contribution in [3.63, 3.8) is 0 Å². The average Bonchev–Trinajstić information content (AvgIpc) is 2.82. The molecule has 3 rings (SSSR count). The van der Waals surface area contributed by atoms with Crippen molar-refractivity contribution < 1.29 is 4.79 Å². The maximum Gasteiger partial charge on any atom is 0.221 e. The van der Waals surface area contributed by atoms with Gasteiger partial charge in [-0.3, -0.25) is 9.78 Å². The van der Waals surface area contributed by atoms with Gasteiger partial charge in [-0.05, 0) is 30.7 Å². The van der Waals surface area contributed by atoms with E-state index in [1.54, 1.807) is 0 Å². The Bertz CT molecular complexity index is 624.